The van der Waals surface area contributed by atoms with Crippen molar-refractivity contribution in [2.45, 2.75) is 51.1 Å². The van der Waals surface area contributed by atoms with E-state index in [4.69, 9.17) is 4.98 Å². The Hall–Kier alpha value is -2.42. The minimum absolute atomic E-state index is 0.150. The third-order valence-electron chi connectivity index (χ3n) is 6.72. The molecule has 0 bridgehead atoms. The van der Waals surface area contributed by atoms with Gasteiger partial charge in [0.25, 0.3) is 0 Å². The molecule has 0 radical (unpaired) electrons. The quantitative estimate of drug-likeness (QED) is 0.566. The van der Waals surface area contributed by atoms with Crippen LogP contribution in [0.2, 0.25) is 0 Å². The maximum Gasteiger partial charge on any atom is 0.241 e. The van der Waals surface area contributed by atoms with E-state index in [1.165, 1.54) is 0 Å². The molecule has 2 fully saturated rings. The van der Waals surface area contributed by atoms with E-state index in [-0.39, 0.29) is 23.8 Å². The number of likely N-dealkylation sites (tertiary alicyclic amines) is 1. The number of amides is 1. The van der Waals surface area contributed by atoms with Crippen LogP contribution in [-0.2, 0) is 4.79 Å². The first kappa shape index (κ1) is 20.5. The molecule has 8 heteroatoms. The van der Waals surface area contributed by atoms with E-state index >= 15 is 0 Å². The highest BCUT2D eigenvalue weighted by atomic mass is 32.1. The highest BCUT2D eigenvalue weighted by Crippen LogP contribution is 2.34. The van der Waals surface area contributed by atoms with Gasteiger partial charge in [-0.3, -0.25) is 14.6 Å². The molecule has 2 saturated heterocycles. The summed E-state index contributed by atoms with van der Waals surface area (Å²) in [6.07, 6.45) is 5.15. The lowest BCUT2D eigenvalue weighted by Crippen LogP contribution is -2.50. The molecule has 164 valence electrons. The lowest BCUT2D eigenvalue weighted by atomic mass is 9.91. The molecular formula is C23H30N6OS. The zero-order valence-corrected chi connectivity index (χ0v) is 18.9. The monoisotopic (exact) mass is 438 g/mol. The standard InChI is InChI=1S/C23H30N6OS/c1-3-18-15(2)19(27-26-18)21(30)28-11-7-8-16(14-28)20-22-29(12-13-31-22)23(25-20)24-17-9-5-4-6-10-17/h4-6,9-10,12-13,15-16,18-19,26-27H,3,7-8,11,14H2,1-2H3,(H,24,25). The Morgan fingerprint density at radius 2 is 2.13 bits per heavy atom. The fourth-order valence-electron chi connectivity index (χ4n) is 4.90. The SMILES string of the molecule is CCC1NNC(C(=O)N2CCCC(c3nc(Nc4ccccc4)n4ccsc34)C2)C1C. The summed E-state index contributed by atoms with van der Waals surface area (Å²) in [5, 5.41) is 5.55. The zero-order chi connectivity index (χ0) is 21.4. The van der Waals surface area contributed by atoms with Gasteiger partial charge in [-0.25, -0.2) is 10.4 Å². The van der Waals surface area contributed by atoms with Gasteiger partial charge in [-0.2, -0.15) is 0 Å². The third-order valence-corrected chi connectivity index (χ3v) is 7.61. The third kappa shape index (κ3) is 3.84. The lowest BCUT2D eigenvalue weighted by molar-refractivity contribution is -0.135. The van der Waals surface area contributed by atoms with Gasteiger partial charge < -0.3 is 10.2 Å². The van der Waals surface area contributed by atoms with Crippen molar-refractivity contribution in [1.29, 1.82) is 0 Å². The van der Waals surface area contributed by atoms with E-state index in [0.29, 0.717) is 6.04 Å². The summed E-state index contributed by atoms with van der Waals surface area (Å²) in [5.74, 6) is 1.59. The summed E-state index contributed by atoms with van der Waals surface area (Å²) in [6.45, 7) is 5.88. The van der Waals surface area contributed by atoms with Crippen LogP contribution < -0.4 is 16.2 Å². The van der Waals surface area contributed by atoms with Crippen molar-refractivity contribution in [3.05, 3.63) is 47.6 Å². The van der Waals surface area contributed by atoms with Gasteiger partial charge in [0.15, 0.2) is 0 Å². The second kappa shape index (κ2) is 8.61. The molecule has 0 aliphatic carbocycles. The summed E-state index contributed by atoms with van der Waals surface area (Å²) in [7, 11) is 0. The molecule has 1 amide bonds. The van der Waals surface area contributed by atoms with E-state index in [2.05, 4.69) is 46.0 Å². The maximum atomic E-state index is 13.3. The predicted molar refractivity (Wildman–Crippen MR) is 125 cm³/mol. The number of imidazole rings is 1. The lowest BCUT2D eigenvalue weighted by Gasteiger charge is -2.34. The number of para-hydroxylation sites is 1. The summed E-state index contributed by atoms with van der Waals surface area (Å²) in [4.78, 5) is 21.5. The molecule has 1 aromatic carbocycles. The predicted octanol–water partition coefficient (Wildman–Crippen LogP) is 3.74. The van der Waals surface area contributed by atoms with Gasteiger partial charge in [-0.15, -0.1) is 11.3 Å². The van der Waals surface area contributed by atoms with Crippen LogP contribution in [0.25, 0.3) is 4.83 Å². The van der Waals surface area contributed by atoms with Crippen LogP contribution in [0.5, 0.6) is 0 Å². The first-order chi connectivity index (χ1) is 15.2. The van der Waals surface area contributed by atoms with Crippen LogP contribution >= 0.6 is 11.3 Å². The van der Waals surface area contributed by atoms with Crippen molar-refractivity contribution in [3.8, 4) is 0 Å². The van der Waals surface area contributed by atoms with Gasteiger partial charge in [-0.05, 0) is 37.3 Å². The normalized spacial score (nSPS) is 26.5. The Bertz CT molecular complexity index is 1050. The van der Waals surface area contributed by atoms with E-state index in [1.54, 1.807) is 11.3 Å². The molecule has 31 heavy (non-hydrogen) atoms. The number of nitrogens with one attached hydrogen (secondary N) is 3. The molecule has 2 aliphatic rings. The number of anilines is 2. The number of carbonyl (C=O) groups is 1. The molecular weight excluding hydrogens is 408 g/mol. The topological polar surface area (TPSA) is 73.7 Å². The number of benzene rings is 1. The van der Waals surface area contributed by atoms with Gasteiger partial charge in [0.1, 0.15) is 10.9 Å². The molecule has 2 aromatic heterocycles. The van der Waals surface area contributed by atoms with Gasteiger partial charge in [-0.1, -0.05) is 32.0 Å². The molecule has 5 rings (SSSR count). The number of hydrazine groups is 1. The fourth-order valence-corrected chi connectivity index (χ4v) is 5.81. The molecule has 2 aliphatic heterocycles. The molecule has 4 heterocycles. The molecule has 7 nitrogen and oxygen atoms in total. The molecule has 4 unspecified atom stereocenters. The number of carbonyl (C=O) groups excluding carboxylic acids is 1. The Morgan fingerprint density at radius 1 is 1.29 bits per heavy atom. The van der Waals surface area contributed by atoms with Crippen molar-refractivity contribution in [2.24, 2.45) is 5.92 Å². The van der Waals surface area contributed by atoms with Crippen LogP contribution in [0.3, 0.4) is 0 Å². The second-order valence-electron chi connectivity index (χ2n) is 8.65. The fraction of sp³-hybridized carbons (Fsp3) is 0.478. The van der Waals surface area contributed by atoms with E-state index in [1.807, 2.05) is 35.2 Å². The highest BCUT2D eigenvalue weighted by Gasteiger charge is 2.39. The Morgan fingerprint density at radius 3 is 2.90 bits per heavy atom. The molecule has 4 atom stereocenters. The molecule has 3 N–H and O–H groups in total. The largest absolute Gasteiger partial charge is 0.341 e. The maximum absolute atomic E-state index is 13.3. The summed E-state index contributed by atoms with van der Waals surface area (Å²) >= 11 is 1.71. The first-order valence-electron chi connectivity index (χ1n) is 11.2. The highest BCUT2D eigenvalue weighted by molar-refractivity contribution is 7.15. The zero-order valence-electron chi connectivity index (χ0n) is 18.0. The minimum Gasteiger partial charge on any atom is -0.341 e. The number of fused-ring (bicyclic) bond motifs is 1. The Labute approximate surface area is 186 Å². The first-order valence-corrected chi connectivity index (χ1v) is 12.1. The summed E-state index contributed by atoms with van der Waals surface area (Å²) < 4.78 is 2.13. The van der Waals surface area contributed by atoms with Crippen LogP contribution in [0, 0.1) is 5.92 Å². The van der Waals surface area contributed by atoms with Crippen molar-refractivity contribution in [2.75, 3.05) is 18.4 Å². The minimum atomic E-state index is -0.150. The van der Waals surface area contributed by atoms with Crippen LogP contribution in [0.4, 0.5) is 11.6 Å². The smallest absolute Gasteiger partial charge is 0.241 e. The van der Waals surface area contributed by atoms with Gasteiger partial charge in [0.2, 0.25) is 11.9 Å². The van der Waals surface area contributed by atoms with E-state index < -0.39 is 0 Å². The van der Waals surface area contributed by atoms with Crippen LogP contribution in [0.15, 0.2) is 41.9 Å². The van der Waals surface area contributed by atoms with Gasteiger partial charge in [0.05, 0.1) is 5.69 Å². The van der Waals surface area contributed by atoms with Crippen molar-refractivity contribution < 1.29 is 4.79 Å². The van der Waals surface area contributed by atoms with Gasteiger partial charge >= 0.3 is 0 Å². The second-order valence-corrected chi connectivity index (χ2v) is 9.55. The van der Waals surface area contributed by atoms with Gasteiger partial charge in [0, 0.05) is 42.3 Å². The average Bonchev–Trinajstić information content (AvgIpc) is 3.50. The number of thiazole rings is 1. The molecule has 3 aromatic rings. The molecule has 0 saturated carbocycles. The van der Waals surface area contributed by atoms with Crippen molar-refractivity contribution in [3.63, 3.8) is 0 Å². The van der Waals surface area contributed by atoms with Crippen LogP contribution in [-0.4, -0.2) is 45.4 Å². The number of hydrogen-bond donors (Lipinski definition) is 3. The number of rotatable bonds is 5. The number of piperidine rings is 1. The summed E-state index contributed by atoms with van der Waals surface area (Å²) in [5.41, 5.74) is 8.66. The van der Waals surface area contributed by atoms with Crippen molar-refractivity contribution >= 4 is 33.7 Å². The Balaban J connectivity index is 1.36. The number of aromatic nitrogens is 2. The van der Waals surface area contributed by atoms with E-state index in [9.17, 15) is 4.79 Å². The Kier molecular flexibility index (Phi) is 5.69. The molecule has 0 spiro atoms. The number of hydrogen-bond acceptors (Lipinski definition) is 6. The van der Waals surface area contributed by atoms with Crippen LogP contribution in [0.1, 0.15) is 44.7 Å². The number of nitrogens with zero attached hydrogens (tertiary/aromatic N) is 3. The van der Waals surface area contributed by atoms with Crippen molar-refractivity contribution in [1.82, 2.24) is 25.1 Å². The summed E-state index contributed by atoms with van der Waals surface area (Å²) in [6, 6.07) is 10.3. The van der Waals surface area contributed by atoms with E-state index in [0.717, 1.165) is 54.5 Å². The average molecular weight is 439 g/mol.